The van der Waals surface area contributed by atoms with Crippen LogP contribution in [0.2, 0.25) is 0 Å². The van der Waals surface area contributed by atoms with Crippen molar-refractivity contribution < 1.29 is 30.0 Å². The molecule has 6 nitrogen and oxygen atoms in total. The van der Waals surface area contributed by atoms with Gasteiger partial charge in [0.05, 0.1) is 29.8 Å². The van der Waals surface area contributed by atoms with Gasteiger partial charge in [0.15, 0.2) is 0 Å². The van der Waals surface area contributed by atoms with Crippen molar-refractivity contribution in [1.29, 1.82) is 0 Å². The van der Waals surface area contributed by atoms with Crippen molar-refractivity contribution in [2.45, 2.75) is 117 Å². The maximum atomic E-state index is 14.2. The highest BCUT2D eigenvalue weighted by molar-refractivity contribution is 5.91. The molecule has 1 spiro atoms. The fourth-order valence-electron chi connectivity index (χ4n) is 10.2. The fraction of sp³-hybridized carbons (Fsp3) is 0.967. The molecule has 0 aromatic rings. The van der Waals surface area contributed by atoms with Crippen molar-refractivity contribution in [2.75, 3.05) is 6.61 Å². The lowest BCUT2D eigenvalue weighted by molar-refractivity contribution is -0.162. The number of aliphatic hydroxyl groups excluding tert-OH is 4. The summed E-state index contributed by atoms with van der Waals surface area (Å²) >= 11 is 0. The lowest BCUT2D eigenvalue weighted by Crippen LogP contribution is -2.63. The Bertz CT molecular complexity index is 891. The van der Waals surface area contributed by atoms with Crippen LogP contribution in [-0.4, -0.2) is 62.8 Å². The van der Waals surface area contributed by atoms with Crippen molar-refractivity contribution >= 4 is 5.78 Å². The minimum absolute atomic E-state index is 0.0198. The van der Waals surface area contributed by atoms with Crippen LogP contribution in [0.4, 0.5) is 0 Å². The maximum Gasteiger partial charge on any atom is 0.147 e. The SMILES string of the molecule is CC(C)[C@@H](C)[C@@]1(C)C[C@@H]1[C@@H](C)C1[C@@H](O)CC(C2C[C@@H]3O[C@@]34C[C@@H](O)C[C@@H](O)[C@]4(C)C2=O)[C@]1(C)CCO. The van der Waals surface area contributed by atoms with Crippen molar-refractivity contribution in [3.8, 4) is 0 Å². The molecule has 36 heavy (non-hydrogen) atoms. The van der Waals surface area contributed by atoms with Gasteiger partial charge in [-0.1, -0.05) is 41.5 Å². The summed E-state index contributed by atoms with van der Waals surface area (Å²) in [5.41, 5.74) is -1.88. The van der Waals surface area contributed by atoms with E-state index in [2.05, 4.69) is 41.5 Å². The van der Waals surface area contributed by atoms with Crippen molar-refractivity contribution in [1.82, 2.24) is 0 Å². The molecule has 3 unspecified atom stereocenters. The highest BCUT2D eigenvalue weighted by Gasteiger charge is 2.78. The normalized spacial score (nSPS) is 55.7. The van der Waals surface area contributed by atoms with Crippen LogP contribution in [0.1, 0.15) is 87.0 Å². The molecule has 0 amide bonds. The van der Waals surface area contributed by atoms with E-state index in [4.69, 9.17) is 4.74 Å². The zero-order valence-corrected chi connectivity index (χ0v) is 23.4. The molecule has 5 fully saturated rings. The van der Waals surface area contributed by atoms with E-state index in [1.807, 2.05) is 6.92 Å². The van der Waals surface area contributed by atoms with Crippen LogP contribution in [0.5, 0.6) is 0 Å². The van der Waals surface area contributed by atoms with Crippen LogP contribution in [0.25, 0.3) is 0 Å². The molecular formula is C30H50O6. The van der Waals surface area contributed by atoms with Gasteiger partial charge in [0, 0.05) is 25.4 Å². The first-order chi connectivity index (χ1) is 16.7. The van der Waals surface area contributed by atoms with Gasteiger partial charge in [-0.2, -0.15) is 0 Å². The molecule has 0 bridgehead atoms. The van der Waals surface area contributed by atoms with E-state index in [1.54, 1.807) is 0 Å². The first kappa shape index (κ1) is 27.1. The number of aliphatic hydroxyl groups is 4. The quantitative estimate of drug-likeness (QED) is 0.393. The molecule has 0 aromatic carbocycles. The summed E-state index contributed by atoms with van der Waals surface area (Å²) in [6.07, 6.45) is 1.24. The van der Waals surface area contributed by atoms with Gasteiger partial charge in [-0.3, -0.25) is 4.79 Å². The lowest BCUT2D eigenvalue weighted by atomic mass is 9.51. The summed E-state index contributed by atoms with van der Waals surface area (Å²) in [6, 6.07) is 0. The Balaban J connectivity index is 1.44. The first-order valence-corrected chi connectivity index (χ1v) is 14.6. The number of hydrogen-bond donors (Lipinski definition) is 4. The lowest BCUT2D eigenvalue weighted by Gasteiger charge is -2.51. The van der Waals surface area contributed by atoms with Gasteiger partial charge in [-0.05, 0) is 78.9 Å². The van der Waals surface area contributed by atoms with E-state index in [1.165, 1.54) is 6.42 Å². The van der Waals surface area contributed by atoms with Gasteiger partial charge in [-0.15, -0.1) is 0 Å². The van der Waals surface area contributed by atoms with Gasteiger partial charge < -0.3 is 25.2 Å². The van der Waals surface area contributed by atoms with Crippen LogP contribution in [0.3, 0.4) is 0 Å². The molecule has 1 aliphatic heterocycles. The number of ketones is 1. The van der Waals surface area contributed by atoms with Crippen LogP contribution in [0.15, 0.2) is 0 Å². The van der Waals surface area contributed by atoms with E-state index in [0.717, 1.165) is 0 Å². The van der Waals surface area contributed by atoms with E-state index < -0.39 is 29.3 Å². The van der Waals surface area contributed by atoms with Crippen LogP contribution in [-0.2, 0) is 9.53 Å². The molecule has 0 radical (unpaired) electrons. The number of ether oxygens (including phenoxy) is 1. The summed E-state index contributed by atoms with van der Waals surface area (Å²) in [4.78, 5) is 14.2. The Kier molecular flexibility index (Phi) is 6.37. The van der Waals surface area contributed by atoms with Gasteiger partial charge in [0.2, 0.25) is 0 Å². The molecule has 1 saturated heterocycles. The number of carbonyl (C=O) groups is 1. The number of Topliss-reactive ketones (excluding diaryl/α,β-unsaturated/α-hetero) is 1. The standard InChI is InChI=1S/C30H50O6/c1-15(2)17(4)28(6)14-21(28)16(3)25-22(33)12-20(27(25,5)8-9-31)19-11-24-30(36-24)13-18(32)10-23(34)29(30,7)26(19)35/h15-25,31-34H,8-14H2,1-7H3/t16-,17-,18+,19?,20?,21-,22+,23-,24+,25?,27+,28-,29-,30+/m1/s1. The Labute approximate surface area is 217 Å². The van der Waals surface area contributed by atoms with E-state index >= 15 is 0 Å². The monoisotopic (exact) mass is 506 g/mol. The van der Waals surface area contributed by atoms with Gasteiger partial charge >= 0.3 is 0 Å². The number of hydrogen-bond acceptors (Lipinski definition) is 6. The average Bonchev–Trinajstić information content (AvgIpc) is 3.66. The number of rotatable bonds is 7. The predicted octanol–water partition coefficient (Wildman–Crippen LogP) is 3.58. The molecule has 4 aliphatic carbocycles. The highest BCUT2D eigenvalue weighted by Crippen LogP contribution is 2.70. The average molecular weight is 507 g/mol. The van der Waals surface area contributed by atoms with Gasteiger partial charge in [0.25, 0.3) is 0 Å². The fourth-order valence-corrected chi connectivity index (χ4v) is 10.2. The summed E-state index contributed by atoms with van der Waals surface area (Å²) in [6.45, 7) is 15.7. The number of epoxide rings is 1. The largest absolute Gasteiger partial charge is 0.396 e. The zero-order valence-electron chi connectivity index (χ0n) is 23.4. The second kappa shape index (κ2) is 8.48. The highest BCUT2D eigenvalue weighted by atomic mass is 16.6. The number of carbonyl (C=O) groups excluding carboxylic acids is 1. The predicted molar refractivity (Wildman–Crippen MR) is 137 cm³/mol. The molecule has 206 valence electrons. The Morgan fingerprint density at radius 3 is 2.28 bits per heavy atom. The van der Waals surface area contributed by atoms with Crippen LogP contribution in [0, 0.1) is 57.7 Å². The summed E-state index contributed by atoms with van der Waals surface area (Å²) in [5, 5.41) is 43.1. The molecule has 5 aliphatic rings. The van der Waals surface area contributed by atoms with E-state index in [0.29, 0.717) is 49.4 Å². The third kappa shape index (κ3) is 3.43. The molecule has 6 heteroatoms. The second-order valence-corrected chi connectivity index (χ2v) is 14.6. The third-order valence-corrected chi connectivity index (χ3v) is 13.0. The van der Waals surface area contributed by atoms with Crippen molar-refractivity contribution in [3.63, 3.8) is 0 Å². The zero-order chi connectivity index (χ0) is 26.6. The van der Waals surface area contributed by atoms with Gasteiger partial charge in [0.1, 0.15) is 11.4 Å². The van der Waals surface area contributed by atoms with Crippen molar-refractivity contribution in [3.05, 3.63) is 0 Å². The Morgan fingerprint density at radius 2 is 1.67 bits per heavy atom. The molecule has 14 atom stereocenters. The van der Waals surface area contributed by atoms with Crippen LogP contribution < -0.4 is 0 Å². The van der Waals surface area contributed by atoms with Gasteiger partial charge in [-0.25, -0.2) is 0 Å². The minimum Gasteiger partial charge on any atom is -0.396 e. The molecular weight excluding hydrogens is 456 g/mol. The second-order valence-electron chi connectivity index (χ2n) is 14.6. The molecule has 0 aromatic heterocycles. The summed E-state index contributed by atoms with van der Waals surface area (Å²) in [5.74, 6) is 1.72. The molecule has 4 N–H and O–H groups in total. The van der Waals surface area contributed by atoms with E-state index in [9.17, 15) is 25.2 Å². The Hall–Kier alpha value is -0.530. The minimum atomic E-state index is -1.03. The molecule has 5 rings (SSSR count). The summed E-state index contributed by atoms with van der Waals surface area (Å²) < 4.78 is 6.17. The molecule has 1 heterocycles. The maximum absolute atomic E-state index is 14.2. The summed E-state index contributed by atoms with van der Waals surface area (Å²) in [7, 11) is 0. The smallest absolute Gasteiger partial charge is 0.147 e. The van der Waals surface area contributed by atoms with E-state index in [-0.39, 0.29) is 53.5 Å². The van der Waals surface area contributed by atoms with Crippen molar-refractivity contribution in [2.24, 2.45) is 57.7 Å². The van der Waals surface area contributed by atoms with Crippen LogP contribution >= 0.6 is 0 Å². The topological polar surface area (TPSA) is 111 Å². The Morgan fingerprint density at radius 1 is 1.00 bits per heavy atom. The third-order valence-electron chi connectivity index (χ3n) is 13.0. The molecule has 4 saturated carbocycles. The first-order valence-electron chi connectivity index (χ1n) is 14.6.